The lowest BCUT2D eigenvalue weighted by Gasteiger charge is -2.09. The van der Waals surface area contributed by atoms with Gasteiger partial charge < -0.3 is 9.26 Å². The van der Waals surface area contributed by atoms with E-state index in [9.17, 15) is 4.79 Å². The van der Waals surface area contributed by atoms with E-state index in [0.29, 0.717) is 20.4 Å². The highest BCUT2D eigenvalue weighted by atomic mass is 79.9. The van der Waals surface area contributed by atoms with Crippen LogP contribution in [-0.2, 0) is 0 Å². The zero-order valence-electron chi connectivity index (χ0n) is 9.84. The number of halogens is 2. The molecule has 0 aliphatic rings. The number of hydrogen-bond acceptors (Lipinski definition) is 5. The van der Waals surface area contributed by atoms with Gasteiger partial charge in [-0.05, 0) is 34.1 Å². The molecule has 100 valence electrons. The highest BCUT2D eigenvalue weighted by Gasteiger charge is 2.18. The van der Waals surface area contributed by atoms with E-state index in [4.69, 9.17) is 16.3 Å². The molecule has 0 amide bonds. The maximum Gasteiger partial charge on any atom is 0.366 e. The van der Waals surface area contributed by atoms with Crippen molar-refractivity contribution in [2.45, 2.75) is 0 Å². The Bertz CT molecular complexity index is 790. The highest BCUT2D eigenvalue weighted by Crippen LogP contribution is 2.37. The predicted octanol–water partition coefficient (Wildman–Crippen LogP) is 3.86. The van der Waals surface area contributed by atoms with Gasteiger partial charge in [-0.15, -0.1) is 0 Å². The number of pyridine rings is 1. The monoisotopic (exact) mass is 352 g/mol. The van der Waals surface area contributed by atoms with Crippen LogP contribution in [0, 0.1) is 0 Å². The second-order valence-corrected chi connectivity index (χ2v) is 5.10. The van der Waals surface area contributed by atoms with Crippen molar-refractivity contribution in [1.82, 2.24) is 10.1 Å². The summed E-state index contributed by atoms with van der Waals surface area (Å²) in [4.78, 5) is 16.1. The summed E-state index contributed by atoms with van der Waals surface area (Å²) in [5.41, 5.74) is 0.569. The topological polar surface area (TPSA) is 65.2 Å². The van der Waals surface area contributed by atoms with E-state index < -0.39 is 5.97 Å². The Labute approximate surface area is 126 Å². The van der Waals surface area contributed by atoms with Crippen LogP contribution in [0.3, 0.4) is 0 Å². The van der Waals surface area contributed by atoms with Gasteiger partial charge in [-0.1, -0.05) is 16.8 Å². The fourth-order valence-corrected chi connectivity index (χ4v) is 2.60. The summed E-state index contributed by atoms with van der Waals surface area (Å²) in [6.45, 7) is 0. The first-order valence-electron chi connectivity index (χ1n) is 5.52. The Morgan fingerprint density at radius 3 is 3.00 bits per heavy atom. The molecule has 0 atom stereocenters. The van der Waals surface area contributed by atoms with Crippen molar-refractivity contribution >= 4 is 44.4 Å². The number of nitrogens with zero attached hydrogens (tertiary/aromatic N) is 2. The zero-order chi connectivity index (χ0) is 14.1. The van der Waals surface area contributed by atoms with Crippen molar-refractivity contribution in [3.05, 3.63) is 51.9 Å². The quantitative estimate of drug-likeness (QED) is 0.517. The number of ether oxygens (including phenoxy) is 1. The summed E-state index contributed by atoms with van der Waals surface area (Å²) in [6, 6.07) is 6.62. The molecule has 7 heteroatoms. The van der Waals surface area contributed by atoms with Gasteiger partial charge in [0.25, 0.3) is 0 Å². The van der Waals surface area contributed by atoms with Crippen LogP contribution in [0.1, 0.15) is 10.5 Å². The fourth-order valence-electron chi connectivity index (χ4n) is 1.71. The number of rotatable bonds is 2. The van der Waals surface area contributed by atoms with Gasteiger partial charge in [0.15, 0.2) is 11.4 Å². The van der Waals surface area contributed by atoms with Gasteiger partial charge in [0.1, 0.15) is 11.8 Å². The van der Waals surface area contributed by atoms with Crippen molar-refractivity contribution in [2.75, 3.05) is 0 Å². The molecular formula is C13H6BrClN2O3. The van der Waals surface area contributed by atoms with Crippen molar-refractivity contribution in [2.24, 2.45) is 0 Å². The number of benzene rings is 1. The number of esters is 1. The van der Waals surface area contributed by atoms with Crippen LogP contribution in [0.25, 0.3) is 10.9 Å². The summed E-state index contributed by atoms with van der Waals surface area (Å²) < 4.78 is 10.5. The number of fused-ring (bicyclic) bond motifs is 1. The molecule has 3 aromatic rings. The zero-order valence-corrected chi connectivity index (χ0v) is 12.2. The lowest BCUT2D eigenvalue weighted by atomic mass is 10.2. The molecule has 0 bridgehead atoms. The summed E-state index contributed by atoms with van der Waals surface area (Å²) in [5, 5.41) is 4.74. The Morgan fingerprint density at radius 2 is 2.25 bits per heavy atom. The largest absolute Gasteiger partial charge is 0.418 e. The third-order valence-corrected chi connectivity index (χ3v) is 3.49. The molecule has 5 nitrogen and oxygen atoms in total. The van der Waals surface area contributed by atoms with Gasteiger partial charge in [0, 0.05) is 17.6 Å². The smallest absolute Gasteiger partial charge is 0.366 e. The molecule has 0 spiro atoms. The number of hydrogen-bond donors (Lipinski definition) is 0. The molecule has 0 unspecified atom stereocenters. The minimum absolute atomic E-state index is 0.0796. The molecular weight excluding hydrogens is 348 g/mol. The number of aromatic nitrogens is 2. The highest BCUT2D eigenvalue weighted by molar-refractivity contribution is 9.10. The van der Waals surface area contributed by atoms with Crippen LogP contribution < -0.4 is 4.74 Å². The minimum Gasteiger partial charge on any atom is -0.418 e. The molecule has 0 aliphatic carbocycles. The van der Waals surface area contributed by atoms with E-state index in [-0.39, 0.29) is 11.4 Å². The van der Waals surface area contributed by atoms with E-state index >= 15 is 0 Å². The Balaban J connectivity index is 2.10. The van der Waals surface area contributed by atoms with E-state index in [1.54, 1.807) is 24.4 Å². The van der Waals surface area contributed by atoms with Crippen LogP contribution in [0.2, 0.25) is 5.02 Å². The molecule has 0 N–H and O–H groups in total. The lowest BCUT2D eigenvalue weighted by molar-refractivity contribution is 0.0725. The average molecular weight is 354 g/mol. The molecule has 2 heterocycles. The maximum absolute atomic E-state index is 11.9. The van der Waals surface area contributed by atoms with Crippen LogP contribution in [-0.4, -0.2) is 16.1 Å². The molecule has 0 radical (unpaired) electrons. The van der Waals surface area contributed by atoms with Crippen molar-refractivity contribution in [1.29, 1.82) is 0 Å². The second kappa shape index (κ2) is 5.22. The van der Waals surface area contributed by atoms with E-state index in [1.807, 2.05) is 0 Å². The van der Waals surface area contributed by atoms with Gasteiger partial charge in [0.2, 0.25) is 0 Å². The SMILES string of the molecule is O=C(Oc1c(Br)cc(Cl)c2cccnc12)c1ccon1. The van der Waals surface area contributed by atoms with Gasteiger partial charge in [0.05, 0.1) is 9.50 Å². The number of carbonyl (C=O) groups is 1. The van der Waals surface area contributed by atoms with Gasteiger partial charge >= 0.3 is 5.97 Å². The Morgan fingerprint density at radius 1 is 1.40 bits per heavy atom. The fraction of sp³-hybridized carbons (Fsp3) is 0. The molecule has 2 aromatic heterocycles. The molecule has 1 aromatic carbocycles. The van der Waals surface area contributed by atoms with Crippen LogP contribution in [0.4, 0.5) is 0 Å². The predicted molar refractivity (Wildman–Crippen MR) is 75.9 cm³/mol. The van der Waals surface area contributed by atoms with Gasteiger partial charge in [-0.2, -0.15) is 0 Å². The Kier molecular flexibility index (Phi) is 3.42. The lowest BCUT2D eigenvalue weighted by Crippen LogP contribution is -2.09. The van der Waals surface area contributed by atoms with Crippen molar-refractivity contribution in [3.63, 3.8) is 0 Å². The first-order valence-corrected chi connectivity index (χ1v) is 6.69. The minimum atomic E-state index is -0.631. The molecule has 0 saturated carbocycles. The summed E-state index contributed by atoms with van der Waals surface area (Å²) in [7, 11) is 0. The van der Waals surface area contributed by atoms with Crippen molar-refractivity contribution < 1.29 is 14.1 Å². The van der Waals surface area contributed by atoms with Crippen LogP contribution >= 0.6 is 27.5 Å². The molecule has 0 fully saturated rings. The Hall–Kier alpha value is -1.92. The molecule has 0 aliphatic heterocycles. The summed E-state index contributed by atoms with van der Waals surface area (Å²) >= 11 is 9.45. The average Bonchev–Trinajstić information content (AvgIpc) is 2.97. The van der Waals surface area contributed by atoms with Crippen LogP contribution in [0.5, 0.6) is 5.75 Å². The third kappa shape index (κ3) is 2.28. The van der Waals surface area contributed by atoms with Gasteiger partial charge in [-0.25, -0.2) is 4.79 Å². The van der Waals surface area contributed by atoms with E-state index in [0.717, 1.165) is 0 Å². The first kappa shape index (κ1) is 13.1. The summed E-state index contributed by atoms with van der Waals surface area (Å²) in [6.07, 6.45) is 2.89. The summed E-state index contributed by atoms with van der Waals surface area (Å²) in [5.74, 6) is -0.341. The van der Waals surface area contributed by atoms with Crippen LogP contribution in [0.15, 0.2) is 45.7 Å². The first-order chi connectivity index (χ1) is 9.66. The van der Waals surface area contributed by atoms with Crippen molar-refractivity contribution in [3.8, 4) is 5.75 Å². The maximum atomic E-state index is 11.9. The molecule has 0 saturated heterocycles. The molecule has 3 rings (SSSR count). The van der Waals surface area contributed by atoms with Gasteiger partial charge in [-0.3, -0.25) is 4.98 Å². The third-order valence-electron chi connectivity index (χ3n) is 2.59. The number of carbonyl (C=O) groups excluding carboxylic acids is 1. The van der Waals surface area contributed by atoms with E-state index in [1.165, 1.54) is 12.3 Å². The standard InChI is InChI=1S/C13H6BrClN2O3/c14-8-6-9(15)7-2-1-4-16-11(7)12(8)20-13(18)10-3-5-19-17-10/h1-6H. The normalized spacial score (nSPS) is 10.7. The van der Waals surface area contributed by atoms with E-state index in [2.05, 4.69) is 30.6 Å². The molecule has 20 heavy (non-hydrogen) atoms. The second-order valence-electron chi connectivity index (χ2n) is 3.84.